The maximum absolute atomic E-state index is 13.5. The predicted octanol–water partition coefficient (Wildman–Crippen LogP) is 6.03. The molecule has 3 nitrogen and oxygen atoms in total. The van der Waals surface area contributed by atoms with Crippen LogP contribution in [0, 0.1) is 23.2 Å². The second-order valence-electron chi connectivity index (χ2n) is 10.2. The van der Waals surface area contributed by atoms with Gasteiger partial charge in [-0.15, -0.1) is 0 Å². The summed E-state index contributed by atoms with van der Waals surface area (Å²) in [6, 6.07) is 19.5. The van der Waals surface area contributed by atoms with Gasteiger partial charge in [0.05, 0.1) is 5.70 Å². The Morgan fingerprint density at radius 2 is 1.34 bits per heavy atom. The molecular formula is C29H31NO2. The molecule has 4 aliphatic carbocycles. The van der Waals surface area contributed by atoms with Gasteiger partial charge < -0.3 is 5.32 Å². The van der Waals surface area contributed by atoms with E-state index in [0.717, 1.165) is 28.9 Å². The van der Waals surface area contributed by atoms with Crippen LogP contribution < -0.4 is 5.32 Å². The van der Waals surface area contributed by atoms with Gasteiger partial charge in [0.1, 0.15) is 0 Å². The highest BCUT2D eigenvalue weighted by molar-refractivity contribution is 6.05. The largest absolute Gasteiger partial charge is 0.319 e. The van der Waals surface area contributed by atoms with E-state index in [2.05, 4.69) is 5.32 Å². The molecule has 32 heavy (non-hydrogen) atoms. The summed E-state index contributed by atoms with van der Waals surface area (Å²) in [5.74, 6) is 2.21. The monoisotopic (exact) mass is 425 g/mol. The summed E-state index contributed by atoms with van der Waals surface area (Å²) < 4.78 is 0. The van der Waals surface area contributed by atoms with Gasteiger partial charge in [0.2, 0.25) is 5.91 Å². The van der Waals surface area contributed by atoms with Crippen molar-refractivity contribution in [2.24, 2.45) is 23.2 Å². The van der Waals surface area contributed by atoms with Gasteiger partial charge in [0.15, 0.2) is 5.78 Å². The topological polar surface area (TPSA) is 46.2 Å². The summed E-state index contributed by atoms with van der Waals surface area (Å²) in [5.41, 5.74) is 2.44. The van der Waals surface area contributed by atoms with E-state index in [-0.39, 0.29) is 17.1 Å². The minimum absolute atomic E-state index is 0.0669. The quantitative estimate of drug-likeness (QED) is 0.550. The molecule has 0 saturated heterocycles. The first-order chi connectivity index (χ1) is 15.6. The second-order valence-corrected chi connectivity index (χ2v) is 10.2. The number of hydrogen-bond donors (Lipinski definition) is 1. The van der Waals surface area contributed by atoms with Crippen LogP contribution in [0.2, 0.25) is 0 Å². The standard InChI is InChI=1S/C29H31NO2/c31-27(20-29-17-23-13-24(18-29)15-25(14-23)19-29)26(16-22-9-5-2-6-10-22)30-28(32)12-11-21-7-3-1-4-8-21/h1-12,16,23-25H,13-15,17-20H2,(H,30,32)/b12-11+,26-16-. The number of hydrogen-bond acceptors (Lipinski definition) is 2. The Bertz CT molecular complexity index is 1000. The van der Waals surface area contributed by atoms with Gasteiger partial charge in [0, 0.05) is 12.5 Å². The molecule has 2 aromatic rings. The van der Waals surface area contributed by atoms with E-state index in [9.17, 15) is 9.59 Å². The Morgan fingerprint density at radius 1 is 0.812 bits per heavy atom. The number of ketones is 1. The van der Waals surface area contributed by atoms with E-state index in [4.69, 9.17) is 0 Å². The normalized spacial score (nSPS) is 28.8. The number of amides is 1. The molecule has 6 rings (SSSR count). The molecular weight excluding hydrogens is 394 g/mol. The van der Waals surface area contributed by atoms with E-state index in [1.54, 1.807) is 6.08 Å². The highest BCUT2D eigenvalue weighted by atomic mass is 16.2. The van der Waals surface area contributed by atoms with E-state index < -0.39 is 0 Å². The van der Waals surface area contributed by atoms with E-state index >= 15 is 0 Å². The van der Waals surface area contributed by atoms with Crippen molar-refractivity contribution in [1.29, 1.82) is 0 Å². The van der Waals surface area contributed by atoms with Crippen LogP contribution in [0.3, 0.4) is 0 Å². The number of carbonyl (C=O) groups is 2. The van der Waals surface area contributed by atoms with Crippen LogP contribution in [-0.4, -0.2) is 11.7 Å². The number of rotatable bonds is 7. The van der Waals surface area contributed by atoms with Crippen LogP contribution in [0.15, 0.2) is 72.4 Å². The summed E-state index contributed by atoms with van der Waals surface area (Å²) in [5, 5.41) is 2.90. The van der Waals surface area contributed by atoms with Gasteiger partial charge >= 0.3 is 0 Å². The smallest absolute Gasteiger partial charge is 0.248 e. The lowest BCUT2D eigenvalue weighted by molar-refractivity contribution is -0.125. The molecule has 0 aromatic heterocycles. The molecule has 0 heterocycles. The Labute approximate surface area is 190 Å². The molecule has 4 saturated carbocycles. The maximum Gasteiger partial charge on any atom is 0.248 e. The number of benzene rings is 2. The molecule has 4 aliphatic rings. The van der Waals surface area contributed by atoms with Crippen LogP contribution in [0.5, 0.6) is 0 Å². The van der Waals surface area contributed by atoms with Gasteiger partial charge in [-0.05, 0) is 85.0 Å². The number of nitrogens with one attached hydrogen (secondary N) is 1. The molecule has 0 atom stereocenters. The van der Waals surface area contributed by atoms with E-state index in [0.29, 0.717) is 12.1 Å². The van der Waals surface area contributed by atoms with Crippen LogP contribution in [0.25, 0.3) is 12.2 Å². The first kappa shape index (κ1) is 20.9. The molecule has 0 radical (unpaired) electrons. The summed E-state index contributed by atoms with van der Waals surface area (Å²) in [7, 11) is 0. The fourth-order valence-electron chi connectivity index (χ4n) is 6.76. The third kappa shape index (κ3) is 4.77. The fourth-order valence-corrected chi connectivity index (χ4v) is 6.76. The summed E-state index contributed by atoms with van der Waals surface area (Å²) in [6.45, 7) is 0. The molecule has 0 unspecified atom stereocenters. The summed E-state index contributed by atoms with van der Waals surface area (Å²) >= 11 is 0. The van der Waals surface area contributed by atoms with Gasteiger partial charge in [-0.2, -0.15) is 0 Å². The highest BCUT2D eigenvalue weighted by Crippen LogP contribution is 2.61. The minimum atomic E-state index is -0.269. The fraction of sp³-hybridized carbons (Fsp3) is 0.379. The van der Waals surface area contributed by atoms with Crippen molar-refractivity contribution >= 4 is 23.8 Å². The van der Waals surface area contributed by atoms with Gasteiger partial charge in [0.25, 0.3) is 0 Å². The van der Waals surface area contributed by atoms with Gasteiger partial charge in [-0.1, -0.05) is 60.7 Å². The lowest BCUT2D eigenvalue weighted by Crippen LogP contribution is -2.47. The van der Waals surface area contributed by atoms with Crippen molar-refractivity contribution in [2.75, 3.05) is 0 Å². The van der Waals surface area contributed by atoms with Crippen molar-refractivity contribution in [3.8, 4) is 0 Å². The van der Waals surface area contributed by atoms with Crippen molar-refractivity contribution in [3.05, 3.63) is 83.6 Å². The van der Waals surface area contributed by atoms with E-state index in [1.807, 2.05) is 66.7 Å². The number of Topliss-reactive ketones (excluding diaryl/α,β-unsaturated/α-hetero) is 1. The first-order valence-corrected chi connectivity index (χ1v) is 11.9. The van der Waals surface area contributed by atoms with Crippen molar-refractivity contribution in [1.82, 2.24) is 5.32 Å². The van der Waals surface area contributed by atoms with Crippen LogP contribution in [0.4, 0.5) is 0 Å². The SMILES string of the molecule is O=C(/C=C/c1ccccc1)N/C(=C\c1ccccc1)C(=O)CC12CC3CC(CC(C3)C1)C2. The maximum atomic E-state index is 13.5. The zero-order valence-electron chi connectivity index (χ0n) is 18.5. The van der Waals surface area contributed by atoms with Crippen molar-refractivity contribution < 1.29 is 9.59 Å². The zero-order chi connectivity index (χ0) is 22.0. The predicted molar refractivity (Wildman–Crippen MR) is 128 cm³/mol. The Balaban J connectivity index is 1.34. The molecule has 2 aromatic carbocycles. The first-order valence-electron chi connectivity index (χ1n) is 11.9. The van der Waals surface area contributed by atoms with Crippen LogP contribution in [0.1, 0.15) is 56.1 Å². The summed E-state index contributed by atoms with van der Waals surface area (Å²) in [4.78, 5) is 26.2. The van der Waals surface area contributed by atoms with E-state index in [1.165, 1.54) is 44.6 Å². The number of carbonyl (C=O) groups excluding carboxylic acids is 2. The Morgan fingerprint density at radius 3 is 1.91 bits per heavy atom. The molecule has 1 amide bonds. The van der Waals surface area contributed by atoms with Gasteiger partial charge in [-0.25, -0.2) is 0 Å². The molecule has 3 heteroatoms. The highest BCUT2D eigenvalue weighted by Gasteiger charge is 2.51. The molecule has 1 N–H and O–H groups in total. The minimum Gasteiger partial charge on any atom is -0.319 e. The molecule has 4 bridgehead atoms. The lowest BCUT2D eigenvalue weighted by Gasteiger charge is -2.56. The second kappa shape index (κ2) is 8.90. The van der Waals surface area contributed by atoms with Crippen LogP contribution in [-0.2, 0) is 9.59 Å². The number of allylic oxidation sites excluding steroid dienone is 1. The van der Waals surface area contributed by atoms with Crippen LogP contribution >= 0.6 is 0 Å². The third-order valence-corrected chi connectivity index (χ3v) is 7.60. The molecule has 164 valence electrons. The van der Waals surface area contributed by atoms with Gasteiger partial charge in [-0.3, -0.25) is 9.59 Å². The average Bonchev–Trinajstić information content (AvgIpc) is 2.77. The summed E-state index contributed by atoms with van der Waals surface area (Å²) in [6.07, 6.45) is 13.3. The Kier molecular flexibility index (Phi) is 5.82. The molecule has 0 aliphatic heterocycles. The third-order valence-electron chi connectivity index (χ3n) is 7.60. The van der Waals surface area contributed by atoms with Crippen molar-refractivity contribution in [3.63, 3.8) is 0 Å². The Hall–Kier alpha value is -2.94. The zero-order valence-corrected chi connectivity index (χ0v) is 18.5. The molecule has 4 fully saturated rings. The average molecular weight is 426 g/mol. The lowest BCUT2D eigenvalue weighted by atomic mass is 9.48. The van der Waals surface area contributed by atoms with Crippen molar-refractivity contribution in [2.45, 2.75) is 44.9 Å². The molecule has 0 spiro atoms.